The molecule has 166 valence electrons. The Morgan fingerprint density at radius 3 is 2.32 bits per heavy atom. The fourth-order valence-corrected chi connectivity index (χ4v) is 4.56. The largest absolute Gasteiger partial charge is 0.423 e. The smallest absolute Gasteiger partial charge is 0.338 e. The van der Waals surface area contributed by atoms with Gasteiger partial charge in [0.1, 0.15) is 5.75 Å². The number of unbranched alkanes of at least 4 members (excludes halogenated alkanes) is 2. The highest BCUT2D eigenvalue weighted by atomic mass is 16.5. The molecule has 2 aromatic carbocycles. The van der Waals surface area contributed by atoms with Crippen molar-refractivity contribution in [1.29, 1.82) is 0 Å². The predicted octanol–water partition coefficient (Wildman–Crippen LogP) is 7.18. The molecule has 3 nitrogen and oxygen atoms in total. The Morgan fingerprint density at radius 2 is 1.71 bits per heavy atom. The summed E-state index contributed by atoms with van der Waals surface area (Å²) < 4.78 is 5.43. The molecule has 1 N–H and O–H groups in total. The van der Waals surface area contributed by atoms with E-state index in [1.165, 1.54) is 56.9 Å². The summed E-state index contributed by atoms with van der Waals surface area (Å²) in [5, 5.41) is 9.58. The molecule has 1 aliphatic rings. The molecule has 31 heavy (non-hydrogen) atoms. The maximum atomic E-state index is 11.9. The van der Waals surface area contributed by atoms with Crippen molar-refractivity contribution in [1.82, 2.24) is 0 Å². The molecule has 0 heterocycles. The summed E-state index contributed by atoms with van der Waals surface area (Å²) in [7, 11) is 0. The SMILES string of the molecule is C=C(C)C(=O)Oc1cc(-c2ccc(C3CCC(CCCCC)CC3)cc2)ccc1CO. The van der Waals surface area contributed by atoms with Crippen LogP contribution in [-0.4, -0.2) is 11.1 Å². The van der Waals surface area contributed by atoms with Crippen molar-refractivity contribution in [3.63, 3.8) is 0 Å². The van der Waals surface area contributed by atoms with Crippen molar-refractivity contribution in [3.8, 4) is 16.9 Å². The third kappa shape index (κ3) is 6.30. The summed E-state index contributed by atoms with van der Waals surface area (Å²) in [5.74, 6) is 1.50. The Morgan fingerprint density at radius 1 is 1.03 bits per heavy atom. The van der Waals surface area contributed by atoms with E-state index in [1.54, 1.807) is 6.92 Å². The molecule has 1 fully saturated rings. The lowest BCUT2D eigenvalue weighted by molar-refractivity contribution is -0.130. The second-order valence-corrected chi connectivity index (χ2v) is 8.99. The molecular formula is C28H36O3. The van der Waals surface area contributed by atoms with Gasteiger partial charge in [-0.15, -0.1) is 0 Å². The van der Waals surface area contributed by atoms with Crippen LogP contribution in [0.4, 0.5) is 0 Å². The third-order valence-corrected chi connectivity index (χ3v) is 6.57. The van der Waals surface area contributed by atoms with Gasteiger partial charge in [-0.25, -0.2) is 4.79 Å². The number of rotatable bonds is 9. The number of ether oxygens (including phenoxy) is 1. The van der Waals surface area contributed by atoms with E-state index in [-0.39, 0.29) is 6.61 Å². The van der Waals surface area contributed by atoms with E-state index in [4.69, 9.17) is 4.74 Å². The predicted molar refractivity (Wildman–Crippen MR) is 127 cm³/mol. The lowest BCUT2D eigenvalue weighted by Gasteiger charge is -2.29. The van der Waals surface area contributed by atoms with Gasteiger partial charge in [-0.05, 0) is 67.2 Å². The molecule has 0 unspecified atom stereocenters. The first-order chi connectivity index (χ1) is 15.0. The summed E-state index contributed by atoms with van der Waals surface area (Å²) in [6.07, 6.45) is 10.8. The first kappa shape index (κ1) is 23.3. The summed E-state index contributed by atoms with van der Waals surface area (Å²) in [4.78, 5) is 11.9. The van der Waals surface area contributed by atoms with Crippen LogP contribution in [0.15, 0.2) is 54.6 Å². The van der Waals surface area contributed by atoms with Crippen LogP contribution in [0.2, 0.25) is 0 Å². The van der Waals surface area contributed by atoms with Crippen LogP contribution in [0.5, 0.6) is 5.75 Å². The van der Waals surface area contributed by atoms with Gasteiger partial charge in [-0.1, -0.05) is 75.6 Å². The van der Waals surface area contributed by atoms with E-state index in [2.05, 4.69) is 37.8 Å². The number of hydrogen-bond donors (Lipinski definition) is 1. The minimum absolute atomic E-state index is 0.181. The number of aliphatic hydroxyl groups is 1. The van der Waals surface area contributed by atoms with Crippen LogP contribution in [0.25, 0.3) is 11.1 Å². The van der Waals surface area contributed by atoms with Gasteiger partial charge in [-0.3, -0.25) is 0 Å². The maximum Gasteiger partial charge on any atom is 0.338 e. The summed E-state index contributed by atoms with van der Waals surface area (Å²) in [5.41, 5.74) is 4.39. The van der Waals surface area contributed by atoms with Gasteiger partial charge in [-0.2, -0.15) is 0 Å². The highest BCUT2D eigenvalue weighted by Gasteiger charge is 2.22. The number of carbonyl (C=O) groups is 1. The van der Waals surface area contributed by atoms with E-state index in [0.717, 1.165) is 17.0 Å². The molecule has 3 heteroatoms. The van der Waals surface area contributed by atoms with Gasteiger partial charge >= 0.3 is 5.97 Å². The van der Waals surface area contributed by atoms with E-state index in [0.29, 0.717) is 22.8 Å². The summed E-state index contributed by atoms with van der Waals surface area (Å²) in [6, 6.07) is 14.4. The number of benzene rings is 2. The fourth-order valence-electron chi connectivity index (χ4n) is 4.56. The van der Waals surface area contributed by atoms with Crippen LogP contribution in [0.1, 0.15) is 82.3 Å². The van der Waals surface area contributed by atoms with Gasteiger partial charge in [0.25, 0.3) is 0 Å². The zero-order chi connectivity index (χ0) is 22.2. The first-order valence-corrected chi connectivity index (χ1v) is 11.7. The average Bonchev–Trinajstić information content (AvgIpc) is 2.80. The molecule has 0 atom stereocenters. The maximum absolute atomic E-state index is 11.9. The molecule has 0 spiro atoms. The molecule has 1 saturated carbocycles. The van der Waals surface area contributed by atoms with Gasteiger partial charge in [0, 0.05) is 11.1 Å². The highest BCUT2D eigenvalue weighted by molar-refractivity contribution is 5.89. The normalized spacial score (nSPS) is 18.5. The molecule has 0 aromatic heterocycles. The lowest BCUT2D eigenvalue weighted by Crippen LogP contribution is -2.13. The van der Waals surface area contributed by atoms with E-state index in [9.17, 15) is 9.90 Å². The van der Waals surface area contributed by atoms with Crippen molar-refractivity contribution in [2.24, 2.45) is 5.92 Å². The molecular weight excluding hydrogens is 384 g/mol. The van der Waals surface area contributed by atoms with Crippen molar-refractivity contribution < 1.29 is 14.6 Å². The van der Waals surface area contributed by atoms with E-state index in [1.807, 2.05) is 18.2 Å². The Balaban J connectivity index is 1.66. The van der Waals surface area contributed by atoms with E-state index >= 15 is 0 Å². The molecule has 0 bridgehead atoms. The van der Waals surface area contributed by atoms with Crippen molar-refractivity contribution in [2.45, 2.75) is 77.7 Å². The van der Waals surface area contributed by atoms with Crippen LogP contribution < -0.4 is 4.74 Å². The number of aliphatic hydroxyl groups excluding tert-OH is 1. The van der Waals surface area contributed by atoms with Gasteiger partial charge in [0.2, 0.25) is 0 Å². The minimum atomic E-state index is -0.479. The molecule has 0 amide bonds. The van der Waals surface area contributed by atoms with Gasteiger partial charge < -0.3 is 9.84 Å². The molecule has 0 saturated heterocycles. The standard InChI is InChI=1S/C28H36O3/c1-4-5-6-7-21-8-10-22(11-9-21)23-12-14-24(15-13-23)25-16-17-26(19-29)27(18-25)31-28(30)20(2)3/h12-18,21-22,29H,2,4-11,19H2,1,3H3. The summed E-state index contributed by atoms with van der Waals surface area (Å²) >= 11 is 0. The Kier molecular flexibility index (Phi) is 8.48. The molecule has 3 rings (SSSR count). The Bertz CT molecular complexity index is 874. The molecule has 0 aliphatic heterocycles. The first-order valence-electron chi connectivity index (χ1n) is 11.7. The number of hydrogen-bond acceptors (Lipinski definition) is 3. The number of esters is 1. The average molecular weight is 421 g/mol. The topological polar surface area (TPSA) is 46.5 Å². The van der Waals surface area contributed by atoms with Gasteiger partial charge in [0.05, 0.1) is 6.61 Å². The van der Waals surface area contributed by atoms with Crippen molar-refractivity contribution in [3.05, 3.63) is 65.7 Å². The van der Waals surface area contributed by atoms with Crippen LogP contribution in [0, 0.1) is 5.92 Å². The third-order valence-electron chi connectivity index (χ3n) is 6.57. The quantitative estimate of drug-likeness (QED) is 0.202. The van der Waals surface area contributed by atoms with E-state index < -0.39 is 5.97 Å². The zero-order valence-electron chi connectivity index (χ0n) is 19.0. The highest BCUT2D eigenvalue weighted by Crippen LogP contribution is 2.38. The zero-order valence-corrected chi connectivity index (χ0v) is 19.0. The van der Waals surface area contributed by atoms with Crippen molar-refractivity contribution >= 4 is 5.97 Å². The van der Waals surface area contributed by atoms with Crippen LogP contribution in [-0.2, 0) is 11.4 Å². The Labute approximate surface area is 187 Å². The number of carbonyl (C=O) groups excluding carboxylic acids is 1. The second-order valence-electron chi connectivity index (χ2n) is 8.99. The minimum Gasteiger partial charge on any atom is -0.423 e. The molecule has 2 aromatic rings. The second kappa shape index (κ2) is 11.3. The van der Waals surface area contributed by atoms with Crippen LogP contribution in [0.3, 0.4) is 0 Å². The Hall–Kier alpha value is -2.39. The molecule has 1 aliphatic carbocycles. The van der Waals surface area contributed by atoms with Gasteiger partial charge in [0.15, 0.2) is 0 Å². The lowest BCUT2D eigenvalue weighted by atomic mass is 9.77. The summed E-state index contributed by atoms with van der Waals surface area (Å²) in [6.45, 7) is 7.33. The fraction of sp³-hybridized carbons (Fsp3) is 0.464. The monoisotopic (exact) mass is 420 g/mol. The van der Waals surface area contributed by atoms with Crippen LogP contribution >= 0.6 is 0 Å². The molecule has 0 radical (unpaired) electrons. The van der Waals surface area contributed by atoms with Crippen molar-refractivity contribution in [2.75, 3.05) is 0 Å².